The van der Waals surface area contributed by atoms with E-state index in [1.54, 1.807) is 0 Å². The molecule has 3 heteroatoms. The van der Waals surface area contributed by atoms with Crippen molar-refractivity contribution in [2.45, 2.75) is 45.2 Å². The van der Waals surface area contributed by atoms with E-state index in [2.05, 4.69) is 32.2 Å². The van der Waals surface area contributed by atoms with E-state index < -0.39 is 0 Å². The second kappa shape index (κ2) is 4.77. The molecule has 1 rings (SSSR count). The van der Waals surface area contributed by atoms with Crippen molar-refractivity contribution in [1.82, 2.24) is 5.32 Å². The zero-order valence-electron chi connectivity index (χ0n) is 9.34. The van der Waals surface area contributed by atoms with E-state index in [1.807, 2.05) is 0 Å². The third-order valence-corrected chi connectivity index (χ3v) is 3.17. The van der Waals surface area contributed by atoms with Gasteiger partial charge in [0.15, 0.2) is 0 Å². The molecule has 1 fully saturated rings. The van der Waals surface area contributed by atoms with E-state index in [1.165, 1.54) is 0 Å². The van der Waals surface area contributed by atoms with Crippen molar-refractivity contribution in [3.05, 3.63) is 0 Å². The molecule has 3 atom stereocenters. The fourth-order valence-corrected chi connectivity index (χ4v) is 1.84. The van der Waals surface area contributed by atoms with Gasteiger partial charge in [0, 0.05) is 25.0 Å². The third kappa shape index (κ3) is 2.26. The second-order valence-electron chi connectivity index (χ2n) is 4.26. The summed E-state index contributed by atoms with van der Waals surface area (Å²) < 4.78 is 5.36. The van der Waals surface area contributed by atoms with Crippen molar-refractivity contribution in [2.75, 3.05) is 13.2 Å². The predicted molar refractivity (Wildman–Crippen MR) is 55.8 cm³/mol. The van der Waals surface area contributed by atoms with Gasteiger partial charge in [-0.2, -0.15) is 5.26 Å². The molecule has 0 aromatic rings. The van der Waals surface area contributed by atoms with E-state index in [4.69, 9.17) is 4.74 Å². The Morgan fingerprint density at radius 2 is 2.43 bits per heavy atom. The molecular formula is C11H20N2O. The van der Waals surface area contributed by atoms with Crippen molar-refractivity contribution in [3.8, 4) is 6.07 Å². The number of ether oxygens (including phenoxy) is 1. The van der Waals surface area contributed by atoms with Gasteiger partial charge < -0.3 is 4.74 Å². The lowest BCUT2D eigenvalue weighted by atomic mass is 9.81. The maximum Gasteiger partial charge on any atom is 0.113 e. The summed E-state index contributed by atoms with van der Waals surface area (Å²) in [4.78, 5) is 0. The average molecular weight is 196 g/mol. The number of nitrogens with one attached hydrogen (secondary N) is 1. The Hall–Kier alpha value is -0.590. The first-order valence-electron chi connectivity index (χ1n) is 5.41. The van der Waals surface area contributed by atoms with Gasteiger partial charge in [0.25, 0.3) is 0 Å². The maximum absolute atomic E-state index is 9.29. The summed E-state index contributed by atoms with van der Waals surface area (Å²) in [5.41, 5.74) is -0.367. The van der Waals surface area contributed by atoms with E-state index in [0.717, 1.165) is 12.8 Å². The zero-order chi connectivity index (χ0) is 10.6. The van der Waals surface area contributed by atoms with Crippen LogP contribution < -0.4 is 5.32 Å². The molecule has 0 aromatic heterocycles. The van der Waals surface area contributed by atoms with Crippen LogP contribution in [0.15, 0.2) is 0 Å². The van der Waals surface area contributed by atoms with Gasteiger partial charge in [-0.15, -0.1) is 0 Å². The molecule has 0 saturated carbocycles. The van der Waals surface area contributed by atoms with Crippen LogP contribution in [-0.4, -0.2) is 24.8 Å². The van der Waals surface area contributed by atoms with E-state index in [-0.39, 0.29) is 11.5 Å². The predicted octanol–water partition coefficient (Wildman–Crippen LogP) is 1.69. The summed E-state index contributed by atoms with van der Waals surface area (Å²) in [5, 5.41) is 12.7. The molecule has 1 heterocycles. The highest BCUT2D eigenvalue weighted by Crippen LogP contribution is 2.26. The molecule has 0 spiro atoms. The van der Waals surface area contributed by atoms with Crippen molar-refractivity contribution in [3.63, 3.8) is 0 Å². The summed E-state index contributed by atoms with van der Waals surface area (Å²) in [6.07, 6.45) is 1.85. The zero-order valence-corrected chi connectivity index (χ0v) is 9.34. The van der Waals surface area contributed by atoms with Crippen LogP contribution in [0.2, 0.25) is 0 Å². The summed E-state index contributed by atoms with van der Waals surface area (Å²) >= 11 is 0. The van der Waals surface area contributed by atoms with Crippen molar-refractivity contribution in [1.29, 1.82) is 5.26 Å². The number of nitrogens with zero attached hydrogens (tertiary/aromatic N) is 1. The summed E-state index contributed by atoms with van der Waals surface area (Å²) in [7, 11) is 0. The quantitative estimate of drug-likeness (QED) is 0.747. The number of hydrogen-bond acceptors (Lipinski definition) is 3. The lowest BCUT2D eigenvalue weighted by Crippen LogP contribution is -2.56. The molecule has 80 valence electrons. The Bertz CT molecular complexity index is 224. The topological polar surface area (TPSA) is 45.0 Å². The van der Waals surface area contributed by atoms with Gasteiger partial charge in [-0.05, 0) is 13.3 Å². The van der Waals surface area contributed by atoms with Gasteiger partial charge >= 0.3 is 0 Å². The Labute approximate surface area is 86.4 Å². The molecule has 0 aromatic carbocycles. The minimum atomic E-state index is -0.367. The molecule has 1 aliphatic heterocycles. The lowest BCUT2D eigenvalue weighted by molar-refractivity contribution is 0.0117. The first kappa shape index (κ1) is 11.5. The van der Waals surface area contributed by atoms with Gasteiger partial charge in [-0.1, -0.05) is 13.8 Å². The first-order chi connectivity index (χ1) is 6.64. The molecule has 0 bridgehead atoms. The van der Waals surface area contributed by atoms with Gasteiger partial charge in [-0.3, -0.25) is 5.32 Å². The summed E-state index contributed by atoms with van der Waals surface area (Å²) in [6, 6.07) is 2.84. The first-order valence-corrected chi connectivity index (χ1v) is 5.41. The van der Waals surface area contributed by atoms with Crippen LogP contribution in [0.5, 0.6) is 0 Å². The largest absolute Gasteiger partial charge is 0.381 e. The van der Waals surface area contributed by atoms with Crippen molar-refractivity contribution in [2.24, 2.45) is 5.92 Å². The minimum Gasteiger partial charge on any atom is -0.381 e. The van der Waals surface area contributed by atoms with Gasteiger partial charge in [-0.25, -0.2) is 0 Å². The molecule has 0 radical (unpaired) electrons. The molecule has 1 saturated heterocycles. The average Bonchev–Trinajstić information content (AvgIpc) is 2.21. The van der Waals surface area contributed by atoms with E-state index in [0.29, 0.717) is 19.3 Å². The maximum atomic E-state index is 9.29. The monoisotopic (exact) mass is 196 g/mol. The highest BCUT2D eigenvalue weighted by molar-refractivity contribution is 5.12. The highest BCUT2D eigenvalue weighted by atomic mass is 16.5. The fourth-order valence-electron chi connectivity index (χ4n) is 1.84. The van der Waals surface area contributed by atoms with Crippen LogP contribution in [0.3, 0.4) is 0 Å². The Morgan fingerprint density at radius 3 is 2.93 bits per heavy atom. The SMILES string of the molecule is CCC(C)NC1(C#N)CCOCC1C. The molecule has 0 aliphatic carbocycles. The van der Waals surface area contributed by atoms with Crippen LogP contribution in [0.1, 0.15) is 33.6 Å². The standard InChI is InChI=1S/C11H20N2O/c1-4-10(3)13-11(8-12)5-6-14-7-9(11)2/h9-10,13H,4-7H2,1-3H3. The molecular weight excluding hydrogens is 176 g/mol. The van der Waals surface area contributed by atoms with Gasteiger partial charge in [0.1, 0.15) is 5.54 Å². The van der Waals surface area contributed by atoms with Crippen LogP contribution in [-0.2, 0) is 4.74 Å². The molecule has 14 heavy (non-hydrogen) atoms. The Morgan fingerprint density at radius 1 is 1.71 bits per heavy atom. The summed E-state index contributed by atoms with van der Waals surface area (Å²) in [5.74, 6) is 0.273. The minimum absolute atomic E-state index is 0.273. The Balaban J connectivity index is 2.69. The number of hydrogen-bond donors (Lipinski definition) is 1. The van der Waals surface area contributed by atoms with Gasteiger partial charge in [0.05, 0.1) is 12.7 Å². The molecule has 0 amide bonds. The fraction of sp³-hybridized carbons (Fsp3) is 0.909. The number of nitriles is 1. The molecule has 3 unspecified atom stereocenters. The summed E-state index contributed by atoms with van der Waals surface area (Å²) in [6.45, 7) is 7.73. The second-order valence-corrected chi connectivity index (χ2v) is 4.26. The normalized spacial score (nSPS) is 34.9. The molecule has 1 N–H and O–H groups in total. The lowest BCUT2D eigenvalue weighted by Gasteiger charge is -2.39. The molecule has 3 nitrogen and oxygen atoms in total. The van der Waals surface area contributed by atoms with Crippen LogP contribution in [0.25, 0.3) is 0 Å². The smallest absolute Gasteiger partial charge is 0.113 e. The highest BCUT2D eigenvalue weighted by Gasteiger charge is 2.39. The number of rotatable bonds is 3. The molecule has 1 aliphatic rings. The van der Waals surface area contributed by atoms with Crippen molar-refractivity contribution < 1.29 is 4.74 Å². The van der Waals surface area contributed by atoms with E-state index >= 15 is 0 Å². The van der Waals surface area contributed by atoms with Gasteiger partial charge in [0.2, 0.25) is 0 Å². The third-order valence-electron chi connectivity index (χ3n) is 3.17. The van der Waals surface area contributed by atoms with Crippen LogP contribution >= 0.6 is 0 Å². The van der Waals surface area contributed by atoms with E-state index in [9.17, 15) is 5.26 Å². The Kier molecular flexibility index (Phi) is 3.91. The van der Waals surface area contributed by atoms with Crippen molar-refractivity contribution >= 4 is 0 Å². The van der Waals surface area contributed by atoms with Crippen LogP contribution in [0.4, 0.5) is 0 Å². The van der Waals surface area contributed by atoms with Crippen LogP contribution in [0, 0.1) is 17.2 Å².